The minimum atomic E-state index is 0.0958. The van der Waals surface area contributed by atoms with Crippen LogP contribution in [0.3, 0.4) is 0 Å². The zero-order valence-corrected chi connectivity index (χ0v) is 22.4. The van der Waals surface area contributed by atoms with Gasteiger partial charge in [-0.05, 0) is 103 Å². The SMILES string of the molecule is CCC1(CC)c2ccccc2-c2ccc(-c3ccc4ccc5cc(CC(C)C)cc6ccc3c4c56)cc21. The largest absolute Gasteiger partial charge is 0.0642 e. The first-order valence-electron chi connectivity index (χ1n) is 14.0. The van der Waals surface area contributed by atoms with Crippen LogP contribution < -0.4 is 0 Å². The molecule has 0 bridgehead atoms. The normalized spacial score (nSPS) is 14.2. The molecule has 7 rings (SSSR count). The van der Waals surface area contributed by atoms with E-state index in [1.807, 2.05) is 0 Å². The first kappa shape index (κ1) is 22.5. The van der Waals surface area contributed by atoms with Gasteiger partial charge in [-0.1, -0.05) is 113 Å². The van der Waals surface area contributed by atoms with Gasteiger partial charge in [0.1, 0.15) is 0 Å². The number of benzene rings is 6. The van der Waals surface area contributed by atoms with Crippen molar-refractivity contribution in [1.29, 1.82) is 0 Å². The Morgan fingerprint density at radius 1 is 0.595 bits per heavy atom. The average molecular weight is 479 g/mol. The fourth-order valence-electron chi connectivity index (χ4n) is 7.36. The topological polar surface area (TPSA) is 0 Å². The molecule has 0 nitrogen and oxygen atoms in total. The van der Waals surface area contributed by atoms with Gasteiger partial charge in [0.05, 0.1) is 0 Å². The Labute approximate surface area is 220 Å². The lowest BCUT2D eigenvalue weighted by Crippen LogP contribution is -2.23. The van der Waals surface area contributed by atoms with Crippen LogP contribution in [0.5, 0.6) is 0 Å². The minimum absolute atomic E-state index is 0.0958. The number of fused-ring (bicyclic) bond motifs is 3. The Bertz CT molecular complexity index is 1780. The summed E-state index contributed by atoms with van der Waals surface area (Å²) in [5.74, 6) is 0.657. The van der Waals surface area contributed by atoms with E-state index in [-0.39, 0.29) is 5.41 Å². The van der Waals surface area contributed by atoms with Crippen molar-refractivity contribution in [3.63, 3.8) is 0 Å². The van der Waals surface area contributed by atoms with Gasteiger partial charge >= 0.3 is 0 Å². The van der Waals surface area contributed by atoms with Gasteiger partial charge < -0.3 is 0 Å². The molecule has 0 aromatic heterocycles. The van der Waals surface area contributed by atoms with Gasteiger partial charge in [-0.2, -0.15) is 0 Å². The summed E-state index contributed by atoms with van der Waals surface area (Å²) in [6.07, 6.45) is 3.36. The summed E-state index contributed by atoms with van der Waals surface area (Å²) in [5.41, 5.74) is 10.0. The Hall–Kier alpha value is -3.64. The summed E-state index contributed by atoms with van der Waals surface area (Å²) < 4.78 is 0. The smallest absolute Gasteiger partial charge is 0.0210 e. The van der Waals surface area contributed by atoms with Crippen molar-refractivity contribution < 1.29 is 0 Å². The van der Waals surface area contributed by atoms with Crippen molar-refractivity contribution in [2.75, 3.05) is 0 Å². The highest BCUT2D eigenvalue weighted by molar-refractivity contribution is 6.25. The Kier molecular flexibility index (Phi) is 4.99. The third-order valence-electron chi connectivity index (χ3n) is 9.09. The van der Waals surface area contributed by atoms with Crippen molar-refractivity contribution in [2.24, 2.45) is 5.92 Å². The fourth-order valence-corrected chi connectivity index (χ4v) is 7.36. The summed E-state index contributed by atoms with van der Waals surface area (Å²) in [7, 11) is 0. The highest BCUT2D eigenvalue weighted by atomic mass is 14.4. The monoisotopic (exact) mass is 478 g/mol. The molecule has 0 aliphatic heterocycles. The van der Waals surface area contributed by atoms with Crippen molar-refractivity contribution in [3.8, 4) is 22.3 Å². The highest BCUT2D eigenvalue weighted by Gasteiger charge is 2.40. The molecule has 0 fully saturated rings. The highest BCUT2D eigenvalue weighted by Crippen LogP contribution is 2.53. The molecule has 0 heteroatoms. The molecule has 37 heavy (non-hydrogen) atoms. The summed E-state index contributed by atoms with van der Waals surface area (Å²) in [6, 6.07) is 35.1. The van der Waals surface area contributed by atoms with E-state index in [1.165, 1.54) is 71.3 Å². The lowest BCUT2D eigenvalue weighted by atomic mass is 9.73. The van der Waals surface area contributed by atoms with Crippen molar-refractivity contribution in [1.82, 2.24) is 0 Å². The molecule has 0 radical (unpaired) electrons. The second-order valence-corrected chi connectivity index (χ2v) is 11.5. The predicted molar refractivity (Wildman–Crippen MR) is 161 cm³/mol. The molecule has 0 heterocycles. The van der Waals surface area contributed by atoms with Crippen molar-refractivity contribution >= 4 is 32.3 Å². The Balaban J connectivity index is 1.46. The minimum Gasteiger partial charge on any atom is -0.0642 e. The van der Waals surface area contributed by atoms with E-state index in [9.17, 15) is 0 Å². The zero-order chi connectivity index (χ0) is 25.3. The van der Waals surface area contributed by atoms with Gasteiger partial charge in [0.2, 0.25) is 0 Å². The van der Waals surface area contributed by atoms with Crippen LogP contribution in [0.15, 0.2) is 91.0 Å². The molecule has 0 atom stereocenters. The molecule has 6 aromatic rings. The van der Waals surface area contributed by atoms with Crippen LogP contribution in [-0.4, -0.2) is 0 Å². The van der Waals surface area contributed by atoms with Crippen LogP contribution in [0.2, 0.25) is 0 Å². The Morgan fingerprint density at radius 3 is 2.00 bits per heavy atom. The summed E-state index contributed by atoms with van der Waals surface area (Å²) in [4.78, 5) is 0. The van der Waals surface area contributed by atoms with E-state index in [1.54, 1.807) is 0 Å². The van der Waals surface area contributed by atoms with Crippen molar-refractivity contribution in [2.45, 2.75) is 52.4 Å². The summed E-state index contributed by atoms with van der Waals surface area (Å²) in [5, 5.41) is 8.24. The van der Waals surface area contributed by atoms with E-state index in [4.69, 9.17) is 0 Å². The van der Waals surface area contributed by atoms with Gasteiger partial charge in [0.15, 0.2) is 0 Å². The summed E-state index contributed by atoms with van der Waals surface area (Å²) in [6.45, 7) is 9.31. The van der Waals surface area contributed by atoms with E-state index in [0.717, 1.165) is 19.3 Å². The molecule has 182 valence electrons. The van der Waals surface area contributed by atoms with Crippen LogP contribution in [-0.2, 0) is 11.8 Å². The summed E-state index contributed by atoms with van der Waals surface area (Å²) >= 11 is 0. The van der Waals surface area contributed by atoms with Gasteiger partial charge in [-0.3, -0.25) is 0 Å². The lowest BCUT2D eigenvalue weighted by molar-refractivity contribution is 0.490. The predicted octanol–water partition coefficient (Wildman–Crippen LogP) is 10.5. The van der Waals surface area contributed by atoms with Crippen LogP contribution in [0.1, 0.15) is 57.2 Å². The lowest BCUT2D eigenvalue weighted by Gasteiger charge is -2.30. The standard InChI is InChI=1S/C37H34/c1-5-37(6-2)33-10-8-7-9-30(33)31-17-14-26(22-34(31)37)29-16-13-25-11-12-27-20-24(19-23(3)4)21-28-15-18-32(29)36(25)35(27)28/h7-18,20-23H,5-6,19H2,1-4H3. The molecule has 0 saturated heterocycles. The van der Waals surface area contributed by atoms with Gasteiger partial charge in [0.25, 0.3) is 0 Å². The van der Waals surface area contributed by atoms with Gasteiger partial charge in [-0.25, -0.2) is 0 Å². The number of hydrogen-bond donors (Lipinski definition) is 0. The molecular formula is C37H34. The van der Waals surface area contributed by atoms with Crippen LogP contribution in [0.4, 0.5) is 0 Å². The third kappa shape index (κ3) is 3.15. The van der Waals surface area contributed by atoms with Crippen LogP contribution in [0, 0.1) is 5.92 Å². The number of rotatable bonds is 5. The molecule has 6 aromatic carbocycles. The molecule has 0 unspecified atom stereocenters. The maximum atomic E-state index is 2.51. The third-order valence-corrected chi connectivity index (χ3v) is 9.09. The van der Waals surface area contributed by atoms with Crippen LogP contribution >= 0.6 is 0 Å². The van der Waals surface area contributed by atoms with Gasteiger partial charge in [-0.15, -0.1) is 0 Å². The van der Waals surface area contributed by atoms with E-state index in [0.29, 0.717) is 5.92 Å². The first-order chi connectivity index (χ1) is 18.0. The average Bonchev–Trinajstić information content (AvgIpc) is 3.20. The fraction of sp³-hybridized carbons (Fsp3) is 0.243. The molecule has 0 amide bonds. The maximum Gasteiger partial charge on any atom is 0.0210 e. The Morgan fingerprint density at radius 2 is 1.24 bits per heavy atom. The zero-order valence-electron chi connectivity index (χ0n) is 22.4. The number of hydrogen-bond acceptors (Lipinski definition) is 0. The molecular weight excluding hydrogens is 444 g/mol. The molecule has 1 aliphatic carbocycles. The molecule has 0 N–H and O–H groups in total. The van der Waals surface area contributed by atoms with Crippen molar-refractivity contribution in [3.05, 3.63) is 108 Å². The maximum absolute atomic E-state index is 2.51. The second-order valence-electron chi connectivity index (χ2n) is 11.5. The van der Waals surface area contributed by atoms with E-state index in [2.05, 4.69) is 119 Å². The van der Waals surface area contributed by atoms with Crippen LogP contribution in [0.25, 0.3) is 54.6 Å². The molecule has 0 spiro atoms. The second kappa shape index (κ2) is 8.18. The van der Waals surface area contributed by atoms with E-state index < -0.39 is 0 Å². The molecule has 0 saturated carbocycles. The first-order valence-corrected chi connectivity index (χ1v) is 14.0. The molecule has 1 aliphatic rings. The quantitative estimate of drug-likeness (QED) is 0.216. The van der Waals surface area contributed by atoms with E-state index >= 15 is 0 Å². The van der Waals surface area contributed by atoms with Gasteiger partial charge in [0, 0.05) is 5.41 Å².